The SMILES string of the molecule is O=C(NCc1ccccc1)N1CCCC2CN3CCc4cc(O)ccc4C3CC21. The van der Waals surface area contributed by atoms with Crippen LogP contribution >= 0.6 is 0 Å². The fraction of sp³-hybridized carbons (Fsp3) is 0.458. The summed E-state index contributed by atoms with van der Waals surface area (Å²) in [5, 5.41) is 13.0. The molecule has 3 heterocycles. The Labute approximate surface area is 172 Å². The molecule has 2 amide bonds. The highest BCUT2D eigenvalue weighted by atomic mass is 16.3. The molecule has 152 valence electrons. The number of hydrogen-bond acceptors (Lipinski definition) is 3. The topological polar surface area (TPSA) is 55.8 Å². The first-order chi connectivity index (χ1) is 14.2. The molecule has 2 saturated heterocycles. The molecule has 2 N–H and O–H groups in total. The Bertz CT molecular complexity index is 885. The predicted molar refractivity (Wildman–Crippen MR) is 113 cm³/mol. The van der Waals surface area contributed by atoms with Gasteiger partial charge >= 0.3 is 6.03 Å². The molecule has 3 atom stereocenters. The summed E-state index contributed by atoms with van der Waals surface area (Å²) in [6.07, 6.45) is 4.28. The molecule has 0 radical (unpaired) electrons. The Kier molecular flexibility index (Phi) is 4.92. The number of nitrogens with zero attached hydrogens (tertiary/aromatic N) is 2. The lowest BCUT2D eigenvalue weighted by Crippen LogP contribution is -2.59. The second-order valence-electron chi connectivity index (χ2n) is 8.69. The minimum Gasteiger partial charge on any atom is -0.508 e. The van der Waals surface area contributed by atoms with Crippen molar-refractivity contribution < 1.29 is 9.90 Å². The Morgan fingerprint density at radius 1 is 1.14 bits per heavy atom. The highest BCUT2D eigenvalue weighted by molar-refractivity contribution is 5.74. The molecular formula is C24H29N3O2. The van der Waals surface area contributed by atoms with E-state index in [2.05, 4.69) is 21.2 Å². The Balaban J connectivity index is 1.33. The number of phenols is 1. The summed E-state index contributed by atoms with van der Waals surface area (Å²) in [4.78, 5) is 17.7. The number of carbonyl (C=O) groups excluding carboxylic acids is 1. The van der Waals surface area contributed by atoms with Gasteiger partial charge in [0.25, 0.3) is 0 Å². The lowest BCUT2D eigenvalue weighted by Gasteiger charge is -2.52. The van der Waals surface area contributed by atoms with Crippen LogP contribution in [0.25, 0.3) is 0 Å². The number of urea groups is 1. The summed E-state index contributed by atoms with van der Waals surface area (Å²) >= 11 is 0. The lowest BCUT2D eigenvalue weighted by atomic mass is 9.76. The molecule has 0 spiro atoms. The van der Waals surface area contributed by atoms with Gasteiger partial charge in [-0.1, -0.05) is 36.4 Å². The van der Waals surface area contributed by atoms with Crippen molar-refractivity contribution in [3.05, 3.63) is 65.2 Å². The summed E-state index contributed by atoms with van der Waals surface area (Å²) in [6, 6.07) is 16.6. The molecule has 2 fully saturated rings. The Morgan fingerprint density at radius 3 is 2.86 bits per heavy atom. The molecule has 2 aromatic carbocycles. The smallest absolute Gasteiger partial charge is 0.317 e. The molecule has 3 unspecified atom stereocenters. The van der Waals surface area contributed by atoms with Gasteiger partial charge in [0.2, 0.25) is 0 Å². The number of amides is 2. The van der Waals surface area contributed by atoms with E-state index in [9.17, 15) is 9.90 Å². The van der Waals surface area contributed by atoms with Gasteiger partial charge in [-0.2, -0.15) is 0 Å². The average molecular weight is 392 g/mol. The van der Waals surface area contributed by atoms with Gasteiger partial charge in [-0.05, 0) is 60.4 Å². The maximum Gasteiger partial charge on any atom is 0.317 e. The first-order valence-corrected chi connectivity index (χ1v) is 10.8. The normalized spacial score (nSPS) is 26.2. The summed E-state index contributed by atoms with van der Waals surface area (Å²) < 4.78 is 0. The molecule has 0 bridgehead atoms. The van der Waals surface area contributed by atoms with Crippen LogP contribution in [0.3, 0.4) is 0 Å². The van der Waals surface area contributed by atoms with Crippen LogP contribution in [0.1, 0.15) is 42.0 Å². The maximum absolute atomic E-state index is 13.0. The van der Waals surface area contributed by atoms with Crippen molar-refractivity contribution in [2.24, 2.45) is 5.92 Å². The highest BCUT2D eigenvalue weighted by Crippen LogP contribution is 2.43. The molecule has 29 heavy (non-hydrogen) atoms. The van der Waals surface area contributed by atoms with Crippen LogP contribution in [0.2, 0.25) is 0 Å². The predicted octanol–water partition coefficient (Wildman–Crippen LogP) is 3.69. The number of nitrogens with one attached hydrogen (secondary N) is 1. The fourth-order valence-electron chi connectivity index (χ4n) is 5.57. The second-order valence-corrected chi connectivity index (χ2v) is 8.69. The molecule has 3 aliphatic rings. The Morgan fingerprint density at radius 2 is 2.00 bits per heavy atom. The Hall–Kier alpha value is -2.53. The average Bonchev–Trinajstić information content (AvgIpc) is 2.76. The van der Waals surface area contributed by atoms with Gasteiger partial charge in [0, 0.05) is 38.3 Å². The summed E-state index contributed by atoms with van der Waals surface area (Å²) in [7, 11) is 0. The monoisotopic (exact) mass is 391 g/mol. The number of aromatic hydroxyl groups is 1. The van der Waals surface area contributed by atoms with Crippen molar-refractivity contribution in [1.82, 2.24) is 15.1 Å². The zero-order chi connectivity index (χ0) is 19.8. The van der Waals surface area contributed by atoms with E-state index in [-0.39, 0.29) is 6.03 Å². The van der Waals surface area contributed by atoms with Gasteiger partial charge in [-0.15, -0.1) is 0 Å². The molecule has 3 aliphatic heterocycles. The standard InChI is InChI=1S/C24H29N3O2/c28-20-8-9-21-18(13-20)10-12-26-16-19-7-4-11-27(22(19)14-23(21)26)24(29)25-15-17-5-2-1-3-6-17/h1-3,5-6,8-9,13,19,22-23,28H,4,7,10-12,14-16H2,(H,25,29). The second kappa shape index (κ2) is 7.71. The number of rotatable bonds is 2. The van der Waals surface area contributed by atoms with Gasteiger partial charge in [0.05, 0.1) is 0 Å². The molecule has 0 aliphatic carbocycles. The van der Waals surface area contributed by atoms with Crippen molar-refractivity contribution in [2.45, 2.75) is 44.3 Å². The van der Waals surface area contributed by atoms with E-state index < -0.39 is 0 Å². The van der Waals surface area contributed by atoms with Gasteiger partial charge in [-0.3, -0.25) is 4.90 Å². The van der Waals surface area contributed by atoms with Gasteiger partial charge in [0.15, 0.2) is 0 Å². The van der Waals surface area contributed by atoms with Crippen LogP contribution in [0.15, 0.2) is 48.5 Å². The molecule has 5 heteroatoms. The van der Waals surface area contributed by atoms with Gasteiger partial charge in [0.1, 0.15) is 5.75 Å². The van der Waals surface area contributed by atoms with Gasteiger partial charge in [-0.25, -0.2) is 4.79 Å². The molecule has 0 aromatic heterocycles. The van der Waals surface area contributed by atoms with Gasteiger partial charge < -0.3 is 15.3 Å². The van der Waals surface area contributed by atoms with Crippen molar-refractivity contribution in [1.29, 1.82) is 0 Å². The van der Waals surface area contributed by atoms with E-state index in [1.54, 1.807) is 6.07 Å². The zero-order valence-corrected chi connectivity index (χ0v) is 16.8. The van der Waals surface area contributed by atoms with E-state index >= 15 is 0 Å². The molecule has 0 saturated carbocycles. The van der Waals surface area contributed by atoms with Crippen molar-refractivity contribution in [2.75, 3.05) is 19.6 Å². The first-order valence-electron chi connectivity index (χ1n) is 10.8. The van der Waals surface area contributed by atoms with Crippen LogP contribution in [0, 0.1) is 5.92 Å². The lowest BCUT2D eigenvalue weighted by molar-refractivity contribution is 0.00565. The summed E-state index contributed by atoms with van der Waals surface area (Å²) in [5.74, 6) is 0.909. The number of fused-ring (bicyclic) bond motifs is 4. The molecular weight excluding hydrogens is 362 g/mol. The molecule has 5 rings (SSSR count). The van der Waals surface area contributed by atoms with E-state index in [1.807, 2.05) is 36.4 Å². The third-order valence-corrected chi connectivity index (χ3v) is 6.99. The third-order valence-electron chi connectivity index (χ3n) is 6.99. The minimum atomic E-state index is 0.0683. The van der Waals surface area contributed by atoms with Crippen molar-refractivity contribution in [3.63, 3.8) is 0 Å². The zero-order valence-electron chi connectivity index (χ0n) is 16.8. The molecule has 2 aromatic rings. The van der Waals surface area contributed by atoms with Crippen LogP contribution < -0.4 is 5.32 Å². The van der Waals surface area contributed by atoms with E-state index in [1.165, 1.54) is 17.5 Å². The fourth-order valence-corrected chi connectivity index (χ4v) is 5.57. The summed E-state index contributed by atoms with van der Waals surface area (Å²) in [5.41, 5.74) is 3.73. The van der Waals surface area contributed by atoms with E-state index in [0.29, 0.717) is 30.3 Å². The minimum absolute atomic E-state index is 0.0683. The van der Waals surface area contributed by atoms with Crippen molar-refractivity contribution >= 4 is 6.03 Å². The number of phenolic OH excluding ortho intramolecular Hbond substituents is 1. The van der Waals surface area contributed by atoms with E-state index in [4.69, 9.17) is 0 Å². The van der Waals surface area contributed by atoms with E-state index in [0.717, 1.165) is 44.5 Å². The number of benzene rings is 2. The van der Waals surface area contributed by atoms with Crippen LogP contribution in [-0.2, 0) is 13.0 Å². The largest absolute Gasteiger partial charge is 0.508 e. The number of piperidine rings is 2. The maximum atomic E-state index is 13.0. The number of likely N-dealkylation sites (tertiary alicyclic amines) is 1. The number of hydrogen-bond donors (Lipinski definition) is 2. The number of carbonyl (C=O) groups is 1. The molecule has 5 nitrogen and oxygen atoms in total. The summed E-state index contributed by atoms with van der Waals surface area (Å²) in [6.45, 7) is 3.53. The first kappa shape index (κ1) is 18.5. The quantitative estimate of drug-likeness (QED) is 0.821. The third kappa shape index (κ3) is 3.60. The highest BCUT2D eigenvalue weighted by Gasteiger charge is 2.43. The van der Waals surface area contributed by atoms with Crippen LogP contribution in [0.5, 0.6) is 5.75 Å². The van der Waals surface area contributed by atoms with Crippen LogP contribution in [-0.4, -0.2) is 46.6 Å². The van der Waals surface area contributed by atoms with Crippen molar-refractivity contribution in [3.8, 4) is 5.75 Å². The van der Waals surface area contributed by atoms with Crippen LogP contribution in [0.4, 0.5) is 4.79 Å².